The minimum atomic E-state index is -0.365. The van der Waals surface area contributed by atoms with Crippen LogP contribution in [-0.2, 0) is 5.41 Å². The minimum Gasteiger partial charge on any atom is -0.258 e. The first kappa shape index (κ1) is 11.4. The molecule has 1 aromatic heterocycles. The first-order valence-electron chi connectivity index (χ1n) is 7.25. The van der Waals surface area contributed by atoms with Crippen molar-refractivity contribution in [3.8, 4) is 0 Å². The second-order valence-electron chi connectivity index (χ2n) is 6.86. The van der Waals surface area contributed by atoms with Crippen LogP contribution in [0.15, 0.2) is 18.3 Å². The Bertz CT molecular complexity index is 488. The predicted octanol–water partition coefficient (Wildman–Crippen LogP) is 3.46. The highest BCUT2D eigenvalue weighted by molar-refractivity contribution is 5.31. The number of aromatic nitrogens is 1. The highest BCUT2D eigenvalue weighted by atomic mass is 16.6. The molecule has 4 nitrogen and oxygen atoms in total. The monoisotopic (exact) mass is 258 g/mol. The zero-order valence-electron chi connectivity index (χ0n) is 10.9. The predicted molar refractivity (Wildman–Crippen MR) is 70.7 cm³/mol. The maximum Gasteiger partial charge on any atom is 0.287 e. The van der Waals surface area contributed by atoms with Crippen LogP contribution in [0.4, 0.5) is 5.69 Å². The molecule has 5 rings (SSSR count). The van der Waals surface area contributed by atoms with Crippen molar-refractivity contribution in [2.24, 2.45) is 17.8 Å². The fraction of sp³-hybridized carbons (Fsp3) is 0.667. The van der Waals surface area contributed by atoms with Crippen molar-refractivity contribution in [3.05, 3.63) is 34.1 Å². The molecule has 0 N–H and O–H groups in total. The Balaban J connectivity index is 1.69. The summed E-state index contributed by atoms with van der Waals surface area (Å²) in [5.41, 5.74) is 1.45. The van der Waals surface area contributed by atoms with Gasteiger partial charge in [0.15, 0.2) is 0 Å². The standard InChI is InChI=1S/C15H18N2O2/c18-17(19)13-1-2-14(16-9-13)15-6-10-3-11(7-15)5-12(4-10)8-15/h1-2,9-12H,3-8H2. The van der Waals surface area contributed by atoms with E-state index in [-0.39, 0.29) is 16.0 Å². The molecule has 100 valence electrons. The van der Waals surface area contributed by atoms with Crippen molar-refractivity contribution in [1.82, 2.24) is 4.98 Å². The molecule has 0 aromatic carbocycles. The van der Waals surface area contributed by atoms with Crippen molar-refractivity contribution in [3.63, 3.8) is 0 Å². The Kier molecular flexibility index (Phi) is 2.26. The van der Waals surface area contributed by atoms with Gasteiger partial charge in [0.25, 0.3) is 5.69 Å². The molecule has 19 heavy (non-hydrogen) atoms. The zero-order valence-corrected chi connectivity index (χ0v) is 10.9. The molecule has 4 aliphatic rings. The smallest absolute Gasteiger partial charge is 0.258 e. The van der Waals surface area contributed by atoms with Crippen LogP contribution >= 0.6 is 0 Å². The van der Waals surface area contributed by atoms with Crippen molar-refractivity contribution < 1.29 is 4.92 Å². The molecule has 0 aliphatic heterocycles. The second-order valence-corrected chi connectivity index (χ2v) is 6.86. The number of nitro groups is 1. The first-order valence-corrected chi connectivity index (χ1v) is 7.25. The summed E-state index contributed by atoms with van der Waals surface area (Å²) in [6.07, 6.45) is 9.43. The summed E-state index contributed by atoms with van der Waals surface area (Å²) in [5.74, 6) is 2.63. The average Bonchev–Trinajstić information content (AvgIpc) is 2.37. The molecule has 0 amide bonds. The van der Waals surface area contributed by atoms with E-state index in [0.717, 1.165) is 23.4 Å². The van der Waals surface area contributed by atoms with E-state index in [1.165, 1.54) is 44.7 Å². The molecule has 4 heteroatoms. The zero-order chi connectivity index (χ0) is 13.0. The lowest BCUT2D eigenvalue weighted by atomic mass is 9.49. The molecule has 4 saturated carbocycles. The van der Waals surface area contributed by atoms with Crippen LogP contribution in [0.1, 0.15) is 44.2 Å². The maximum atomic E-state index is 10.7. The van der Waals surface area contributed by atoms with Gasteiger partial charge in [-0.2, -0.15) is 0 Å². The lowest BCUT2D eigenvalue weighted by Gasteiger charge is -2.56. The van der Waals surface area contributed by atoms with Gasteiger partial charge in [0, 0.05) is 17.2 Å². The molecular weight excluding hydrogens is 240 g/mol. The number of pyridine rings is 1. The summed E-state index contributed by atoms with van der Waals surface area (Å²) >= 11 is 0. The summed E-state index contributed by atoms with van der Waals surface area (Å²) in [5, 5.41) is 10.7. The third-order valence-electron chi connectivity index (χ3n) is 5.54. The molecule has 4 fully saturated rings. The normalized spacial score (nSPS) is 39.5. The van der Waals surface area contributed by atoms with Crippen LogP contribution in [0.3, 0.4) is 0 Å². The summed E-state index contributed by atoms with van der Waals surface area (Å²) in [6, 6.07) is 3.53. The third kappa shape index (κ3) is 1.69. The molecular formula is C15H18N2O2. The number of hydrogen-bond acceptors (Lipinski definition) is 3. The van der Waals surface area contributed by atoms with E-state index >= 15 is 0 Å². The van der Waals surface area contributed by atoms with Gasteiger partial charge in [-0.3, -0.25) is 15.1 Å². The third-order valence-corrected chi connectivity index (χ3v) is 5.54. The van der Waals surface area contributed by atoms with Gasteiger partial charge in [-0.05, 0) is 62.3 Å². The number of hydrogen-bond donors (Lipinski definition) is 0. The fourth-order valence-electron chi connectivity index (χ4n) is 5.23. The highest BCUT2D eigenvalue weighted by Gasteiger charge is 2.52. The van der Waals surface area contributed by atoms with E-state index < -0.39 is 0 Å². The van der Waals surface area contributed by atoms with Gasteiger partial charge in [-0.1, -0.05) is 0 Å². The largest absolute Gasteiger partial charge is 0.287 e. The first-order chi connectivity index (χ1) is 9.14. The van der Waals surface area contributed by atoms with Gasteiger partial charge in [-0.25, -0.2) is 0 Å². The quantitative estimate of drug-likeness (QED) is 0.603. The van der Waals surface area contributed by atoms with E-state index in [1.807, 2.05) is 6.07 Å². The molecule has 0 spiro atoms. The van der Waals surface area contributed by atoms with Crippen molar-refractivity contribution in [2.75, 3.05) is 0 Å². The average molecular weight is 258 g/mol. The van der Waals surface area contributed by atoms with E-state index in [0.29, 0.717) is 0 Å². The Morgan fingerprint density at radius 1 is 1.11 bits per heavy atom. The SMILES string of the molecule is O=[N+]([O-])c1ccc(C23CC4CC(CC(C4)C2)C3)nc1. The molecule has 0 atom stereocenters. The Labute approximate surface area is 112 Å². The highest BCUT2D eigenvalue weighted by Crippen LogP contribution is 2.60. The molecule has 0 radical (unpaired) electrons. The molecule has 0 unspecified atom stereocenters. The van der Waals surface area contributed by atoms with Crippen LogP contribution in [0.5, 0.6) is 0 Å². The van der Waals surface area contributed by atoms with Gasteiger partial charge < -0.3 is 0 Å². The van der Waals surface area contributed by atoms with Gasteiger partial charge in [0.05, 0.1) is 4.92 Å². The second kappa shape index (κ2) is 3.78. The molecule has 4 bridgehead atoms. The van der Waals surface area contributed by atoms with E-state index in [4.69, 9.17) is 0 Å². The van der Waals surface area contributed by atoms with Gasteiger partial charge in [-0.15, -0.1) is 0 Å². The van der Waals surface area contributed by atoms with E-state index in [2.05, 4.69) is 4.98 Å². The van der Waals surface area contributed by atoms with Gasteiger partial charge in [0.1, 0.15) is 6.20 Å². The lowest BCUT2D eigenvalue weighted by molar-refractivity contribution is -0.385. The molecule has 1 aromatic rings. The minimum absolute atomic E-state index is 0.105. The van der Waals surface area contributed by atoms with Crippen LogP contribution < -0.4 is 0 Å². The number of rotatable bonds is 2. The summed E-state index contributed by atoms with van der Waals surface area (Å²) in [4.78, 5) is 14.8. The Hall–Kier alpha value is -1.45. The van der Waals surface area contributed by atoms with E-state index in [1.54, 1.807) is 6.07 Å². The van der Waals surface area contributed by atoms with Crippen molar-refractivity contribution in [1.29, 1.82) is 0 Å². The summed E-state index contributed by atoms with van der Waals surface area (Å²) in [7, 11) is 0. The fourth-order valence-corrected chi connectivity index (χ4v) is 5.23. The van der Waals surface area contributed by atoms with Crippen LogP contribution in [0, 0.1) is 27.9 Å². The molecule has 0 saturated heterocycles. The van der Waals surface area contributed by atoms with Crippen LogP contribution in [0.25, 0.3) is 0 Å². The van der Waals surface area contributed by atoms with Crippen molar-refractivity contribution >= 4 is 5.69 Å². The van der Waals surface area contributed by atoms with Crippen LogP contribution in [-0.4, -0.2) is 9.91 Å². The van der Waals surface area contributed by atoms with Crippen molar-refractivity contribution in [2.45, 2.75) is 43.9 Å². The summed E-state index contributed by atoms with van der Waals surface area (Å²) in [6.45, 7) is 0. The molecule has 1 heterocycles. The Morgan fingerprint density at radius 3 is 2.11 bits per heavy atom. The van der Waals surface area contributed by atoms with Crippen LogP contribution in [0.2, 0.25) is 0 Å². The van der Waals surface area contributed by atoms with Gasteiger partial charge >= 0.3 is 0 Å². The van der Waals surface area contributed by atoms with E-state index in [9.17, 15) is 10.1 Å². The number of nitrogens with zero attached hydrogens (tertiary/aromatic N) is 2. The lowest BCUT2D eigenvalue weighted by Crippen LogP contribution is -2.48. The van der Waals surface area contributed by atoms with Gasteiger partial charge in [0.2, 0.25) is 0 Å². The Morgan fingerprint density at radius 2 is 1.68 bits per heavy atom. The summed E-state index contributed by atoms with van der Waals surface area (Å²) < 4.78 is 0. The maximum absolute atomic E-state index is 10.7. The molecule has 4 aliphatic carbocycles. The topological polar surface area (TPSA) is 56.0 Å².